The summed E-state index contributed by atoms with van der Waals surface area (Å²) in [6.45, 7) is 0. The highest BCUT2D eigenvalue weighted by atomic mass is 35.5. The van der Waals surface area contributed by atoms with E-state index < -0.39 is 22.9 Å². The quantitative estimate of drug-likeness (QED) is 0.102. The standard InChI is InChI=1S/C36H26Cl2FN3O3S/c37-26-19-27(38)21-29(20-26)41-36(45)33(23-10-3-1-4-11-23)46-30-16-9-15-28(22-30)40-35(44)32(18-25-14-7-8-17-31(25)39)42-34(43)24-12-5-2-6-13-24/h1-22,33H,(H,40,44)(H,41,45)(H,42,43)/b32-18-. The Morgan fingerprint density at radius 2 is 1.35 bits per heavy atom. The van der Waals surface area contributed by atoms with Crippen molar-refractivity contribution in [3.63, 3.8) is 0 Å². The van der Waals surface area contributed by atoms with Crippen molar-refractivity contribution in [3.8, 4) is 0 Å². The molecule has 0 spiro atoms. The summed E-state index contributed by atoms with van der Waals surface area (Å²) in [6.07, 6.45) is 1.28. The summed E-state index contributed by atoms with van der Waals surface area (Å²) < 4.78 is 14.5. The first-order chi connectivity index (χ1) is 22.2. The Labute approximate surface area is 279 Å². The third-order valence-electron chi connectivity index (χ3n) is 6.55. The van der Waals surface area contributed by atoms with Crippen molar-refractivity contribution in [2.45, 2.75) is 10.1 Å². The van der Waals surface area contributed by atoms with Crippen molar-refractivity contribution >= 4 is 70.1 Å². The summed E-state index contributed by atoms with van der Waals surface area (Å²) in [5.41, 5.74) is 1.92. The molecule has 0 saturated heterocycles. The molecule has 5 aromatic carbocycles. The highest BCUT2D eigenvalue weighted by Crippen LogP contribution is 2.37. The highest BCUT2D eigenvalue weighted by Gasteiger charge is 2.23. The van der Waals surface area contributed by atoms with Gasteiger partial charge >= 0.3 is 0 Å². The summed E-state index contributed by atoms with van der Waals surface area (Å²) in [4.78, 5) is 40.7. The minimum atomic E-state index is -0.674. The molecule has 3 amide bonds. The molecule has 1 atom stereocenters. The van der Waals surface area contributed by atoms with Crippen molar-refractivity contribution in [1.29, 1.82) is 0 Å². The van der Waals surface area contributed by atoms with Crippen LogP contribution in [0.4, 0.5) is 15.8 Å². The minimum absolute atomic E-state index is 0.128. The van der Waals surface area contributed by atoms with Crippen LogP contribution in [0.2, 0.25) is 10.0 Å². The van der Waals surface area contributed by atoms with E-state index in [-0.39, 0.29) is 17.2 Å². The van der Waals surface area contributed by atoms with Crippen LogP contribution in [-0.2, 0) is 9.59 Å². The van der Waals surface area contributed by atoms with E-state index in [9.17, 15) is 18.8 Å². The Morgan fingerprint density at radius 1 is 0.696 bits per heavy atom. The Bertz CT molecular complexity index is 1890. The third-order valence-corrected chi connectivity index (χ3v) is 8.23. The SMILES string of the molecule is O=C(Nc1cccc(SC(C(=O)Nc2cc(Cl)cc(Cl)c2)c2ccccc2)c1)/C(=C/c1ccccc1F)NC(=O)c1ccccc1. The van der Waals surface area contributed by atoms with Crippen molar-refractivity contribution in [2.24, 2.45) is 0 Å². The van der Waals surface area contributed by atoms with E-state index in [1.54, 1.807) is 72.8 Å². The number of halogens is 3. The first-order valence-electron chi connectivity index (χ1n) is 14.0. The van der Waals surface area contributed by atoms with Gasteiger partial charge in [-0.3, -0.25) is 14.4 Å². The highest BCUT2D eigenvalue weighted by molar-refractivity contribution is 8.00. The molecule has 230 valence electrons. The number of thioether (sulfide) groups is 1. The molecule has 0 aromatic heterocycles. The van der Waals surface area contributed by atoms with E-state index in [0.29, 0.717) is 31.9 Å². The first-order valence-corrected chi connectivity index (χ1v) is 15.6. The van der Waals surface area contributed by atoms with E-state index >= 15 is 0 Å². The lowest BCUT2D eigenvalue weighted by molar-refractivity contribution is -0.116. The van der Waals surface area contributed by atoms with E-state index in [1.165, 1.54) is 36.0 Å². The van der Waals surface area contributed by atoms with Crippen molar-refractivity contribution in [2.75, 3.05) is 10.6 Å². The monoisotopic (exact) mass is 669 g/mol. The van der Waals surface area contributed by atoms with Gasteiger partial charge in [0, 0.05) is 37.4 Å². The minimum Gasteiger partial charge on any atom is -0.325 e. The van der Waals surface area contributed by atoms with Gasteiger partial charge in [0.25, 0.3) is 11.8 Å². The zero-order chi connectivity index (χ0) is 32.5. The third kappa shape index (κ3) is 8.85. The lowest BCUT2D eigenvalue weighted by atomic mass is 10.1. The molecular weight excluding hydrogens is 644 g/mol. The van der Waals surface area contributed by atoms with E-state index in [0.717, 1.165) is 5.56 Å². The second kappa shape index (κ2) is 15.4. The predicted octanol–water partition coefficient (Wildman–Crippen LogP) is 9.01. The summed E-state index contributed by atoms with van der Waals surface area (Å²) in [6, 6.07) is 35.3. The molecule has 0 aliphatic carbocycles. The fourth-order valence-electron chi connectivity index (χ4n) is 4.41. The van der Waals surface area contributed by atoms with Gasteiger partial charge in [0.1, 0.15) is 16.8 Å². The topological polar surface area (TPSA) is 87.3 Å². The van der Waals surface area contributed by atoms with Crippen LogP contribution in [0.15, 0.2) is 138 Å². The molecule has 0 saturated carbocycles. The Balaban J connectivity index is 1.38. The van der Waals surface area contributed by atoms with Gasteiger partial charge in [0.05, 0.1) is 0 Å². The predicted molar refractivity (Wildman–Crippen MR) is 183 cm³/mol. The number of anilines is 2. The molecule has 0 fully saturated rings. The van der Waals surface area contributed by atoms with Crippen LogP contribution in [0.5, 0.6) is 0 Å². The van der Waals surface area contributed by atoms with Crippen LogP contribution < -0.4 is 16.0 Å². The molecule has 0 heterocycles. The Morgan fingerprint density at radius 3 is 2.04 bits per heavy atom. The van der Waals surface area contributed by atoms with Crippen molar-refractivity contribution < 1.29 is 18.8 Å². The normalized spacial score (nSPS) is 11.8. The lowest BCUT2D eigenvalue weighted by Gasteiger charge is -2.18. The molecule has 5 aromatic rings. The summed E-state index contributed by atoms with van der Waals surface area (Å²) >= 11 is 13.5. The largest absolute Gasteiger partial charge is 0.325 e. The van der Waals surface area contributed by atoms with Gasteiger partial charge in [-0.05, 0) is 66.2 Å². The van der Waals surface area contributed by atoms with Crippen molar-refractivity contribution in [3.05, 3.63) is 166 Å². The number of carbonyl (C=O) groups is 3. The average Bonchev–Trinajstić information content (AvgIpc) is 3.04. The van der Waals surface area contributed by atoms with Gasteiger partial charge in [0.2, 0.25) is 5.91 Å². The van der Waals surface area contributed by atoms with Crippen LogP contribution in [0.3, 0.4) is 0 Å². The Hall–Kier alpha value is -4.89. The number of rotatable bonds is 10. The zero-order valence-electron chi connectivity index (χ0n) is 24.0. The van der Waals surface area contributed by atoms with Crippen LogP contribution in [-0.4, -0.2) is 17.7 Å². The molecule has 1 unspecified atom stereocenters. The van der Waals surface area contributed by atoms with E-state index in [4.69, 9.17) is 23.2 Å². The average molecular weight is 671 g/mol. The number of hydrogen-bond donors (Lipinski definition) is 3. The maximum Gasteiger partial charge on any atom is 0.272 e. The van der Waals surface area contributed by atoms with Crippen molar-refractivity contribution in [1.82, 2.24) is 5.32 Å². The molecule has 0 bridgehead atoms. The maximum absolute atomic E-state index is 14.5. The number of amides is 3. The summed E-state index contributed by atoms with van der Waals surface area (Å²) in [5.74, 6) is -2.04. The molecule has 3 N–H and O–H groups in total. The number of benzene rings is 5. The van der Waals surface area contributed by atoms with Gasteiger partial charge in [-0.25, -0.2) is 4.39 Å². The van der Waals surface area contributed by atoms with E-state index in [2.05, 4.69) is 16.0 Å². The van der Waals surface area contributed by atoms with Crippen LogP contribution in [0, 0.1) is 5.82 Å². The second-order valence-corrected chi connectivity index (χ2v) is 12.0. The van der Waals surface area contributed by atoms with Gasteiger partial charge < -0.3 is 16.0 Å². The number of nitrogens with one attached hydrogen (secondary N) is 3. The number of hydrogen-bond acceptors (Lipinski definition) is 4. The first kappa shape index (κ1) is 32.5. The van der Waals surface area contributed by atoms with Gasteiger partial charge in [0.15, 0.2) is 0 Å². The van der Waals surface area contributed by atoms with E-state index in [1.807, 2.05) is 36.4 Å². The van der Waals surface area contributed by atoms with Gasteiger partial charge in [-0.1, -0.05) is 96.0 Å². The van der Waals surface area contributed by atoms with Gasteiger partial charge in [-0.15, -0.1) is 11.8 Å². The summed E-state index contributed by atoms with van der Waals surface area (Å²) in [5, 5.41) is 8.38. The Kier molecular flexibility index (Phi) is 10.9. The maximum atomic E-state index is 14.5. The fourth-order valence-corrected chi connectivity index (χ4v) is 6.02. The zero-order valence-corrected chi connectivity index (χ0v) is 26.4. The number of carbonyl (C=O) groups excluding carboxylic acids is 3. The molecule has 0 aliphatic heterocycles. The molecule has 0 aliphatic rings. The molecule has 6 nitrogen and oxygen atoms in total. The van der Waals surface area contributed by atoms with Crippen LogP contribution >= 0.6 is 35.0 Å². The molecule has 46 heavy (non-hydrogen) atoms. The second-order valence-electron chi connectivity index (χ2n) is 9.94. The summed E-state index contributed by atoms with van der Waals surface area (Å²) in [7, 11) is 0. The van der Waals surface area contributed by atoms with Crippen LogP contribution in [0.25, 0.3) is 6.08 Å². The van der Waals surface area contributed by atoms with Gasteiger partial charge in [-0.2, -0.15) is 0 Å². The molecule has 0 radical (unpaired) electrons. The molecule has 5 rings (SSSR count). The molecular formula is C36H26Cl2FN3O3S. The van der Waals surface area contributed by atoms with Crippen LogP contribution in [0.1, 0.15) is 26.7 Å². The smallest absolute Gasteiger partial charge is 0.272 e. The lowest BCUT2D eigenvalue weighted by Crippen LogP contribution is -2.30. The fraction of sp³-hybridized carbons (Fsp3) is 0.0278. The molecule has 10 heteroatoms.